The lowest BCUT2D eigenvalue weighted by Gasteiger charge is -2.45. The summed E-state index contributed by atoms with van der Waals surface area (Å²) in [6.07, 6.45) is 3.69. The minimum absolute atomic E-state index is 0.00785. The van der Waals surface area contributed by atoms with Crippen LogP contribution in [0.1, 0.15) is 67.7 Å². The Bertz CT molecular complexity index is 1080. The monoisotopic (exact) mass is 582 g/mol. The Kier molecular flexibility index (Phi) is 11.9. The molecule has 0 aliphatic rings. The van der Waals surface area contributed by atoms with E-state index in [0.717, 1.165) is 10.4 Å². The first kappa shape index (κ1) is 33.9. The van der Waals surface area contributed by atoms with Crippen molar-refractivity contribution in [1.82, 2.24) is 0 Å². The van der Waals surface area contributed by atoms with E-state index >= 15 is 0 Å². The molecule has 220 valence electrons. The number of allylic oxidation sites excluding steroid dienone is 1. The molecule has 0 aliphatic heterocycles. The molecule has 0 N–H and O–H groups in total. The van der Waals surface area contributed by atoms with Gasteiger partial charge in [-0.15, -0.1) is 0 Å². The Morgan fingerprint density at radius 2 is 1.30 bits per heavy atom. The van der Waals surface area contributed by atoms with Gasteiger partial charge >= 0.3 is 5.97 Å². The summed E-state index contributed by atoms with van der Waals surface area (Å²) in [4.78, 5) is 25.4. The summed E-state index contributed by atoms with van der Waals surface area (Å²) >= 11 is 0. The van der Waals surface area contributed by atoms with Gasteiger partial charge in [0, 0.05) is 12.5 Å². The second kappa shape index (κ2) is 14.0. The quantitative estimate of drug-likeness (QED) is 0.147. The van der Waals surface area contributed by atoms with Crippen LogP contribution in [-0.4, -0.2) is 47.7 Å². The van der Waals surface area contributed by atoms with E-state index in [-0.39, 0.29) is 34.4 Å². The number of benzene rings is 2. The molecular formula is C33H50O5Si2. The summed E-state index contributed by atoms with van der Waals surface area (Å²) in [7, 11) is -3.45. The van der Waals surface area contributed by atoms with E-state index < -0.39 is 22.7 Å². The summed E-state index contributed by atoms with van der Waals surface area (Å²) < 4.78 is 18.6. The van der Waals surface area contributed by atoms with Gasteiger partial charge < -0.3 is 13.6 Å². The van der Waals surface area contributed by atoms with Crippen LogP contribution in [0.4, 0.5) is 0 Å². The highest BCUT2D eigenvalue weighted by molar-refractivity contribution is 6.99. The molecule has 0 spiro atoms. The molecule has 0 aliphatic carbocycles. The van der Waals surface area contributed by atoms with Gasteiger partial charge in [0.15, 0.2) is 14.1 Å². The predicted molar refractivity (Wildman–Crippen MR) is 170 cm³/mol. The Balaban J connectivity index is 2.34. The molecule has 2 rings (SSSR count). The van der Waals surface area contributed by atoms with Crippen molar-refractivity contribution in [3.05, 3.63) is 72.8 Å². The number of rotatable bonds is 13. The smallest absolute Gasteiger partial charge is 0.308 e. The summed E-state index contributed by atoms with van der Waals surface area (Å²) in [5.41, 5.74) is 0. The predicted octanol–water partition coefficient (Wildman–Crippen LogP) is 6.81. The maximum atomic E-state index is 12.9. The summed E-state index contributed by atoms with van der Waals surface area (Å²) in [5, 5.41) is 2.13. The van der Waals surface area contributed by atoms with Gasteiger partial charge in [-0.3, -0.25) is 9.59 Å². The van der Waals surface area contributed by atoms with Crippen LogP contribution in [0, 0.1) is 0 Å². The zero-order valence-corrected chi connectivity index (χ0v) is 28.2. The first-order valence-corrected chi connectivity index (χ1v) is 19.1. The maximum Gasteiger partial charge on any atom is 0.308 e. The number of carbonyl (C=O) groups excluding carboxylic acids is 2. The largest absolute Gasteiger partial charge is 0.469 e. The molecule has 0 unspecified atom stereocenters. The van der Waals surface area contributed by atoms with Gasteiger partial charge in [0.25, 0.3) is 8.32 Å². The average Bonchev–Trinajstić information content (AvgIpc) is 2.86. The minimum atomic E-state index is -2.88. The molecule has 2 aromatic carbocycles. The molecule has 0 saturated heterocycles. The zero-order valence-electron chi connectivity index (χ0n) is 26.2. The van der Waals surface area contributed by atoms with Crippen LogP contribution in [0.5, 0.6) is 0 Å². The highest BCUT2D eigenvalue weighted by Crippen LogP contribution is 2.39. The zero-order chi connectivity index (χ0) is 30.2. The van der Waals surface area contributed by atoms with Crippen molar-refractivity contribution in [3.63, 3.8) is 0 Å². The molecule has 5 nitrogen and oxygen atoms in total. The number of methoxy groups -OCH3 is 1. The molecule has 0 radical (unpaired) electrons. The maximum absolute atomic E-state index is 12.9. The van der Waals surface area contributed by atoms with Crippen LogP contribution >= 0.6 is 0 Å². The Hall–Kier alpha value is -2.33. The topological polar surface area (TPSA) is 61.8 Å². The molecular weight excluding hydrogens is 533 g/mol. The number of esters is 1. The van der Waals surface area contributed by atoms with Crippen molar-refractivity contribution in [2.75, 3.05) is 7.11 Å². The van der Waals surface area contributed by atoms with Crippen molar-refractivity contribution >= 4 is 38.8 Å². The van der Waals surface area contributed by atoms with Crippen LogP contribution in [0.2, 0.25) is 23.2 Å². The fourth-order valence-electron chi connectivity index (χ4n) is 4.81. The Morgan fingerprint density at radius 1 is 0.800 bits per heavy atom. The van der Waals surface area contributed by atoms with Gasteiger partial charge in [-0.05, 0) is 53.0 Å². The molecule has 2 atom stereocenters. The van der Waals surface area contributed by atoms with Crippen LogP contribution < -0.4 is 10.4 Å². The summed E-state index contributed by atoms with van der Waals surface area (Å²) in [6, 6.07) is 20.7. The highest BCUT2D eigenvalue weighted by atomic mass is 28.4. The molecule has 0 saturated carbocycles. The minimum Gasteiger partial charge on any atom is -0.469 e. The summed E-state index contributed by atoms with van der Waals surface area (Å²) in [5.74, 6) is -0.326. The molecule has 2 aromatic rings. The van der Waals surface area contributed by atoms with Gasteiger partial charge in [-0.25, -0.2) is 0 Å². The Morgan fingerprint density at radius 3 is 1.73 bits per heavy atom. The summed E-state index contributed by atoms with van der Waals surface area (Å²) in [6.45, 7) is 19.6. The number of carbonyl (C=O) groups is 2. The lowest BCUT2D eigenvalue weighted by Crippen LogP contribution is -2.67. The van der Waals surface area contributed by atoms with Crippen LogP contribution in [-0.2, 0) is 23.2 Å². The van der Waals surface area contributed by atoms with Crippen molar-refractivity contribution in [1.29, 1.82) is 0 Å². The number of ketones is 1. The van der Waals surface area contributed by atoms with Gasteiger partial charge in [0.2, 0.25) is 0 Å². The third-order valence-corrected chi connectivity index (χ3v) is 17.6. The molecule has 0 aromatic heterocycles. The van der Waals surface area contributed by atoms with Crippen LogP contribution in [0.25, 0.3) is 0 Å². The van der Waals surface area contributed by atoms with E-state index in [1.165, 1.54) is 7.11 Å². The van der Waals surface area contributed by atoms with E-state index in [0.29, 0.717) is 12.8 Å². The van der Waals surface area contributed by atoms with Gasteiger partial charge in [0.05, 0.1) is 19.6 Å². The number of hydrogen-bond donors (Lipinski definition) is 0. The normalized spacial score (nSPS) is 14.7. The molecule has 0 heterocycles. The first-order chi connectivity index (χ1) is 18.5. The van der Waals surface area contributed by atoms with E-state index in [1.807, 2.05) is 49.4 Å². The highest BCUT2D eigenvalue weighted by Gasteiger charge is 2.51. The third-order valence-electron chi connectivity index (χ3n) is 7.88. The first-order valence-electron chi connectivity index (χ1n) is 14.3. The fraction of sp³-hybridized carbons (Fsp3) is 0.515. The van der Waals surface area contributed by atoms with Gasteiger partial charge in [-0.1, -0.05) is 108 Å². The Labute approximate surface area is 244 Å². The molecule has 40 heavy (non-hydrogen) atoms. The van der Waals surface area contributed by atoms with Crippen molar-refractivity contribution in [2.24, 2.45) is 0 Å². The number of ether oxygens (including phenoxy) is 1. The van der Waals surface area contributed by atoms with E-state index in [4.69, 9.17) is 13.6 Å². The van der Waals surface area contributed by atoms with Gasteiger partial charge in [0.1, 0.15) is 0 Å². The second-order valence-electron chi connectivity index (χ2n) is 13.2. The molecule has 7 heteroatoms. The van der Waals surface area contributed by atoms with E-state index in [9.17, 15) is 9.59 Å². The average molecular weight is 583 g/mol. The fourth-order valence-corrected chi connectivity index (χ4v) is 10.9. The van der Waals surface area contributed by atoms with Crippen molar-refractivity contribution in [2.45, 2.75) is 103 Å². The van der Waals surface area contributed by atoms with Crippen molar-refractivity contribution < 1.29 is 23.2 Å². The molecule has 0 amide bonds. The third kappa shape index (κ3) is 8.84. The van der Waals surface area contributed by atoms with Crippen molar-refractivity contribution in [3.8, 4) is 0 Å². The lowest BCUT2D eigenvalue weighted by atomic mass is 10.1. The SMILES string of the molecule is COC(=O)C[C@@H](C/C=C/C(=O)C[C@@H](C)O[Si](C)(C)C(C)(C)C)O[Si](c1ccccc1)(c1ccccc1)C(C)(C)C. The second-order valence-corrected chi connectivity index (χ2v) is 22.2. The molecule has 0 bridgehead atoms. The van der Waals surface area contributed by atoms with Crippen LogP contribution in [0.15, 0.2) is 72.8 Å². The van der Waals surface area contributed by atoms with Gasteiger partial charge in [-0.2, -0.15) is 0 Å². The number of hydrogen-bond acceptors (Lipinski definition) is 5. The molecule has 0 fully saturated rings. The van der Waals surface area contributed by atoms with E-state index in [1.54, 1.807) is 6.08 Å². The van der Waals surface area contributed by atoms with E-state index in [2.05, 4.69) is 78.9 Å². The van der Waals surface area contributed by atoms with Crippen LogP contribution in [0.3, 0.4) is 0 Å². The lowest BCUT2D eigenvalue weighted by molar-refractivity contribution is -0.142. The standard InChI is InChI=1S/C33H50O5Si2/c1-26(37-39(9,10)32(2,3)4)24-27(34)18-17-19-28(25-31(35)36-8)38-40(33(5,6)7,29-20-13-11-14-21-29)30-22-15-12-16-23-30/h11-18,20-23,26,28H,19,24-25H2,1-10H3/b18-17+/t26-,28-/m1/s1.